The largest absolute Gasteiger partial charge is 0.389 e. The lowest BCUT2D eigenvalue weighted by molar-refractivity contribution is 0.0368. The molecular formula is C10H17N3O2. The molecule has 0 saturated carbocycles. The van der Waals surface area contributed by atoms with Crippen molar-refractivity contribution < 1.29 is 9.90 Å². The highest BCUT2D eigenvalue weighted by atomic mass is 16.3. The molecule has 1 rings (SSSR count). The van der Waals surface area contributed by atoms with Crippen molar-refractivity contribution in [3.8, 4) is 0 Å². The van der Waals surface area contributed by atoms with Crippen LogP contribution in [0.1, 0.15) is 24.2 Å². The highest BCUT2D eigenvalue weighted by Gasteiger charge is 2.20. The van der Waals surface area contributed by atoms with Crippen LogP contribution < -0.4 is 0 Å². The number of hydrogen-bond acceptors (Lipinski definition) is 3. The number of aromatic nitrogens is 2. The number of nitrogens with zero attached hydrogens (tertiary/aromatic N) is 3. The number of likely N-dealkylation sites (N-methyl/N-ethyl adjacent to an activating group) is 1. The number of rotatable bonds is 3. The fourth-order valence-electron chi connectivity index (χ4n) is 1.40. The van der Waals surface area contributed by atoms with Gasteiger partial charge in [-0.3, -0.25) is 9.48 Å². The van der Waals surface area contributed by atoms with E-state index in [2.05, 4.69) is 5.10 Å². The standard InChI is InChI=1S/C10H17N3O2/c1-10(2,15)7-12(3)9(14)8-5-11-13(4)6-8/h5-6,15H,7H2,1-4H3. The summed E-state index contributed by atoms with van der Waals surface area (Å²) in [4.78, 5) is 13.3. The molecule has 1 amide bonds. The van der Waals surface area contributed by atoms with Gasteiger partial charge in [-0.25, -0.2) is 0 Å². The van der Waals surface area contributed by atoms with Crippen LogP contribution in [-0.4, -0.2) is 44.9 Å². The van der Waals surface area contributed by atoms with Gasteiger partial charge in [0.15, 0.2) is 0 Å². The molecule has 0 aliphatic carbocycles. The SMILES string of the molecule is CN(CC(C)(C)O)C(=O)c1cnn(C)c1. The Kier molecular flexibility index (Phi) is 3.14. The number of carbonyl (C=O) groups is 1. The van der Waals surface area contributed by atoms with E-state index < -0.39 is 5.60 Å². The van der Waals surface area contributed by atoms with E-state index in [0.29, 0.717) is 12.1 Å². The molecule has 0 aliphatic rings. The molecule has 5 heteroatoms. The second-order valence-electron chi connectivity index (χ2n) is 4.38. The van der Waals surface area contributed by atoms with Crippen LogP contribution in [0.3, 0.4) is 0 Å². The van der Waals surface area contributed by atoms with Crippen molar-refractivity contribution in [2.24, 2.45) is 7.05 Å². The van der Waals surface area contributed by atoms with E-state index >= 15 is 0 Å². The van der Waals surface area contributed by atoms with Gasteiger partial charge in [-0.05, 0) is 13.8 Å². The molecule has 1 aromatic heterocycles. The lowest BCUT2D eigenvalue weighted by Crippen LogP contribution is -2.39. The number of carbonyl (C=O) groups excluding carboxylic acids is 1. The Labute approximate surface area is 89.3 Å². The molecule has 0 fully saturated rings. The summed E-state index contributed by atoms with van der Waals surface area (Å²) in [6.07, 6.45) is 3.17. The van der Waals surface area contributed by atoms with Crippen LogP contribution in [-0.2, 0) is 7.05 Å². The maximum absolute atomic E-state index is 11.8. The van der Waals surface area contributed by atoms with Crippen LogP contribution in [0.5, 0.6) is 0 Å². The van der Waals surface area contributed by atoms with E-state index in [-0.39, 0.29) is 5.91 Å². The van der Waals surface area contributed by atoms with Gasteiger partial charge in [0.1, 0.15) is 0 Å². The molecule has 0 spiro atoms. The van der Waals surface area contributed by atoms with Gasteiger partial charge in [-0.1, -0.05) is 0 Å². The number of hydrogen-bond donors (Lipinski definition) is 1. The van der Waals surface area contributed by atoms with Crippen molar-refractivity contribution >= 4 is 5.91 Å². The van der Waals surface area contributed by atoms with Crippen LogP contribution in [0, 0.1) is 0 Å². The van der Waals surface area contributed by atoms with Crippen LogP contribution in [0.4, 0.5) is 0 Å². The molecule has 1 N–H and O–H groups in total. The fraction of sp³-hybridized carbons (Fsp3) is 0.600. The average molecular weight is 211 g/mol. The van der Waals surface area contributed by atoms with E-state index in [0.717, 1.165) is 0 Å². The van der Waals surface area contributed by atoms with Crippen molar-refractivity contribution in [3.05, 3.63) is 18.0 Å². The zero-order valence-corrected chi connectivity index (χ0v) is 9.56. The minimum Gasteiger partial charge on any atom is -0.389 e. The van der Waals surface area contributed by atoms with Gasteiger partial charge in [0.25, 0.3) is 5.91 Å². The van der Waals surface area contributed by atoms with Crippen LogP contribution in [0.15, 0.2) is 12.4 Å². The third kappa shape index (κ3) is 3.36. The van der Waals surface area contributed by atoms with Crippen LogP contribution in [0.25, 0.3) is 0 Å². The molecular weight excluding hydrogens is 194 g/mol. The minimum atomic E-state index is -0.882. The summed E-state index contributed by atoms with van der Waals surface area (Å²) in [5.74, 6) is -0.134. The average Bonchev–Trinajstić information content (AvgIpc) is 2.47. The molecule has 1 aromatic rings. The molecule has 0 aromatic carbocycles. The first-order valence-electron chi connectivity index (χ1n) is 4.76. The van der Waals surface area contributed by atoms with Crippen molar-refractivity contribution in [1.29, 1.82) is 0 Å². The second kappa shape index (κ2) is 4.02. The summed E-state index contributed by atoms with van der Waals surface area (Å²) in [6.45, 7) is 3.63. The summed E-state index contributed by atoms with van der Waals surface area (Å²) in [5.41, 5.74) is -0.351. The first-order valence-corrected chi connectivity index (χ1v) is 4.76. The number of amides is 1. The number of aliphatic hydroxyl groups is 1. The summed E-state index contributed by atoms with van der Waals surface area (Å²) >= 11 is 0. The van der Waals surface area contributed by atoms with E-state index in [1.165, 1.54) is 11.1 Å². The molecule has 0 saturated heterocycles. The van der Waals surface area contributed by atoms with Crippen LogP contribution in [0.2, 0.25) is 0 Å². The predicted molar refractivity (Wildman–Crippen MR) is 56.5 cm³/mol. The lowest BCUT2D eigenvalue weighted by atomic mass is 10.1. The van der Waals surface area contributed by atoms with E-state index in [9.17, 15) is 9.90 Å². The summed E-state index contributed by atoms with van der Waals surface area (Å²) in [6, 6.07) is 0. The molecule has 1 heterocycles. The van der Waals surface area contributed by atoms with Gasteiger partial charge in [-0.2, -0.15) is 5.10 Å². The Bertz CT molecular complexity index is 352. The monoisotopic (exact) mass is 211 g/mol. The molecule has 15 heavy (non-hydrogen) atoms. The number of aryl methyl sites for hydroxylation is 1. The zero-order valence-electron chi connectivity index (χ0n) is 9.56. The Morgan fingerprint density at radius 3 is 2.67 bits per heavy atom. The van der Waals surface area contributed by atoms with E-state index in [1.807, 2.05) is 0 Å². The Morgan fingerprint density at radius 2 is 2.27 bits per heavy atom. The molecule has 0 bridgehead atoms. The molecule has 0 aliphatic heterocycles. The quantitative estimate of drug-likeness (QED) is 0.780. The molecule has 5 nitrogen and oxygen atoms in total. The summed E-state index contributed by atoms with van der Waals surface area (Å²) < 4.78 is 1.57. The van der Waals surface area contributed by atoms with Gasteiger partial charge in [0, 0.05) is 26.8 Å². The normalized spacial score (nSPS) is 11.5. The first kappa shape index (κ1) is 11.7. The smallest absolute Gasteiger partial charge is 0.256 e. The lowest BCUT2D eigenvalue weighted by Gasteiger charge is -2.25. The van der Waals surface area contributed by atoms with Crippen LogP contribution >= 0.6 is 0 Å². The Balaban J connectivity index is 2.69. The Morgan fingerprint density at radius 1 is 1.67 bits per heavy atom. The first-order chi connectivity index (χ1) is 6.79. The van der Waals surface area contributed by atoms with E-state index in [1.54, 1.807) is 38.8 Å². The second-order valence-corrected chi connectivity index (χ2v) is 4.38. The molecule has 84 valence electrons. The van der Waals surface area contributed by atoms with Gasteiger partial charge >= 0.3 is 0 Å². The third-order valence-corrected chi connectivity index (χ3v) is 1.92. The molecule has 0 atom stereocenters. The predicted octanol–water partition coefficient (Wildman–Crippen LogP) is 0.263. The van der Waals surface area contributed by atoms with Gasteiger partial charge in [0.05, 0.1) is 17.4 Å². The maximum Gasteiger partial charge on any atom is 0.256 e. The zero-order chi connectivity index (χ0) is 11.6. The van der Waals surface area contributed by atoms with Gasteiger partial charge in [-0.15, -0.1) is 0 Å². The van der Waals surface area contributed by atoms with Crippen molar-refractivity contribution in [2.45, 2.75) is 19.4 Å². The topological polar surface area (TPSA) is 58.4 Å². The van der Waals surface area contributed by atoms with Crippen molar-refractivity contribution in [1.82, 2.24) is 14.7 Å². The molecule has 0 unspecified atom stereocenters. The molecule has 0 radical (unpaired) electrons. The van der Waals surface area contributed by atoms with E-state index in [4.69, 9.17) is 0 Å². The minimum absolute atomic E-state index is 0.134. The van der Waals surface area contributed by atoms with Gasteiger partial charge in [0.2, 0.25) is 0 Å². The van der Waals surface area contributed by atoms with Crippen molar-refractivity contribution in [3.63, 3.8) is 0 Å². The highest BCUT2D eigenvalue weighted by Crippen LogP contribution is 2.07. The summed E-state index contributed by atoms with van der Waals surface area (Å²) in [7, 11) is 3.42. The Hall–Kier alpha value is -1.36. The maximum atomic E-state index is 11.8. The fourth-order valence-corrected chi connectivity index (χ4v) is 1.40. The van der Waals surface area contributed by atoms with Crippen molar-refractivity contribution in [2.75, 3.05) is 13.6 Å². The highest BCUT2D eigenvalue weighted by molar-refractivity contribution is 5.93. The summed E-state index contributed by atoms with van der Waals surface area (Å²) in [5, 5.41) is 13.5. The third-order valence-electron chi connectivity index (χ3n) is 1.92. The van der Waals surface area contributed by atoms with Gasteiger partial charge < -0.3 is 10.0 Å².